The molecule has 2 unspecified atom stereocenters. The summed E-state index contributed by atoms with van der Waals surface area (Å²) in [5.74, 6) is 1.75. The molecule has 2 atom stereocenters. The first-order valence-corrected chi connectivity index (χ1v) is 7.87. The quantitative estimate of drug-likeness (QED) is 0.788. The van der Waals surface area contributed by atoms with E-state index >= 15 is 0 Å². The van der Waals surface area contributed by atoms with Crippen LogP contribution in [0.2, 0.25) is 0 Å². The number of nitrogens with one attached hydrogen (secondary N) is 1. The van der Waals surface area contributed by atoms with Gasteiger partial charge in [0.2, 0.25) is 0 Å². The maximum atomic E-state index is 5.83. The Bertz CT molecular complexity index is 850. The number of hydrogen-bond donors (Lipinski definition) is 1. The van der Waals surface area contributed by atoms with Crippen LogP contribution in [0.1, 0.15) is 13.8 Å². The maximum Gasteiger partial charge on any atom is 0.156 e. The fraction of sp³-hybridized carbons (Fsp3) is 0.412. The molecule has 0 spiro atoms. The SMILES string of the molecule is COc1cccc2[nH]c3c(N4CC(C)OC(C)C4)ncnc3c12. The lowest BCUT2D eigenvalue weighted by molar-refractivity contribution is -0.00538. The van der Waals surface area contributed by atoms with Crippen LogP contribution in [0.15, 0.2) is 24.5 Å². The van der Waals surface area contributed by atoms with E-state index in [1.54, 1.807) is 13.4 Å². The van der Waals surface area contributed by atoms with Crippen molar-refractivity contribution in [2.75, 3.05) is 25.1 Å². The standard InChI is InChI=1S/C17H20N4O2/c1-10-7-21(8-11(2)23-10)17-16-15(18-9-19-17)14-12(20-16)5-4-6-13(14)22-3/h4-6,9-11,20H,7-8H2,1-3H3. The van der Waals surface area contributed by atoms with Crippen molar-refractivity contribution >= 4 is 27.8 Å². The molecule has 4 rings (SSSR count). The molecule has 2 aromatic heterocycles. The molecule has 0 amide bonds. The van der Waals surface area contributed by atoms with Crippen LogP contribution < -0.4 is 9.64 Å². The van der Waals surface area contributed by atoms with Gasteiger partial charge < -0.3 is 19.4 Å². The van der Waals surface area contributed by atoms with Crippen LogP contribution in [0.3, 0.4) is 0 Å². The van der Waals surface area contributed by atoms with Gasteiger partial charge in [0.15, 0.2) is 5.82 Å². The van der Waals surface area contributed by atoms with Crippen molar-refractivity contribution in [2.24, 2.45) is 0 Å². The number of hydrogen-bond acceptors (Lipinski definition) is 5. The van der Waals surface area contributed by atoms with Gasteiger partial charge in [0.05, 0.1) is 30.2 Å². The van der Waals surface area contributed by atoms with Crippen molar-refractivity contribution in [3.05, 3.63) is 24.5 Å². The minimum Gasteiger partial charge on any atom is -0.496 e. The molecule has 3 aromatic rings. The Morgan fingerprint density at radius 3 is 2.74 bits per heavy atom. The van der Waals surface area contributed by atoms with Crippen molar-refractivity contribution < 1.29 is 9.47 Å². The molecule has 1 N–H and O–H groups in total. The van der Waals surface area contributed by atoms with E-state index in [4.69, 9.17) is 9.47 Å². The molecule has 1 saturated heterocycles. The second kappa shape index (κ2) is 5.38. The van der Waals surface area contributed by atoms with Crippen LogP contribution >= 0.6 is 0 Å². The van der Waals surface area contributed by atoms with Gasteiger partial charge in [-0.25, -0.2) is 9.97 Å². The largest absolute Gasteiger partial charge is 0.496 e. The van der Waals surface area contributed by atoms with Gasteiger partial charge in [-0.15, -0.1) is 0 Å². The van der Waals surface area contributed by atoms with Crippen molar-refractivity contribution in [2.45, 2.75) is 26.1 Å². The van der Waals surface area contributed by atoms with Gasteiger partial charge in [-0.05, 0) is 26.0 Å². The zero-order valence-electron chi connectivity index (χ0n) is 13.5. The van der Waals surface area contributed by atoms with E-state index in [9.17, 15) is 0 Å². The Labute approximate surface area is 134 Å². The number of aromatic nitrogens is 3. The molecule has 120 valence electrons. The molecule has 6 heteroatoms. The number of anilines is 1. The van der Waals surface area contributed by atoms with E-state index in [-0.39, 0.29) is 12.2 Å². The molecule has 3 heterocycles. The normalized spacial score (nSPS) is 22.0. The topological polar surface area (TPSA) is 63.3 Å². The zero-order chi connectivity index (χ0) is 16.0. The number of rotatable bonds is 2. The third-order valence-corrected chi connectivity index (χ3v) is 4.29. The van der Waals surface area contributed by atoms with E-state index in [1.165, 1.54) is 0 Å². The first kappa shape index (κ1) is 14.3. The molecule has 0 radical (unpaired) electrons. The second-order valence-corrected chi connectivity index (χ2v) is 6.09. The van der Waals surface area contributed by atoms with Crippen molar-refractivity contribution in [3.63, 3.8) is 0 Å². The molecule has 0 saturated carbocycles. The molecule has 0 bridgehead atoms. The van der Waals surface area contributed by atoms with Gasteiger partial charge in [0.25, 0.3) is 0 Å². The van der Waals surface area contributed by atoms with Crippen molar-refractivity contribution in [1.82, 2.24) is 15.0 Å². The average Bonchev–Trinajstić information content (AvgIpc) is 2.92. The number of benzene rings is 1. The fourth-order valence-corrected chi connectivity index (χ4v) is 3.46. The highest BCUT2D eigenvalue weighted by Gasteiger charge is 2.26. The summed E-state index contributed by atoms with van der Waals surface area (Å²) in [6.45, 7) is 5.83. The van der Waals surface area contributed by atoms with Crippen LogP contribution in [0.5, 0.6) is 5.75 Å². The number of methoxy groups -OCH3 is 1. The highest BCUT2D eigenvalue weighted by Crippen LogP contribution is 2.35. The summed E-state index contributed by atoms with van der Waals surface area (Å²) in [6.07, 6.45) is 1.99. The molecule has 1 fully saturated rings. The average molecular weight is 312 g/mol. The third-order valence-electron chi connectivity index (χ3n) is 4.29. The summed E-state index contributed by atoms with van der Waals surface area (Å²) in [5.41, 5.74) is 2.86. The number of nitrogens with zero attached hydrogens (tertiary/aromatic N) is 3. The summed E-state index contributed by atoms with van der Waals surface area (Å²) in [5, 5.41) is 1.00. The summed E-state index contributed by atoms with van der Waals surface area (Å²) in [6, 6.07) is 5.96. The van der Waals surface area contributed by atoms with E-state index < -0.39 is 0 Å². The number of fused-ring (bicyclic) bond motifs is 3. The summed E-state index contributed by atoms with van der Waals surface area (Å²) in [7, 11) is 1.68. The lowest BCUT2D eigenvalue weighted by Crippen LogP contribution is -2.46. The van der Waals surface area contributed by atoms with Gasteiger partial charge in [-0.3, -0.25) is 0 Å². The van der Waals surface area contributed by atoms with E-state index in [0.29, 0.717) is 0 Å². The van der Waals surface area contributed by atoms with Crippen LogP contribution in [0.4, 0.5) is 5.82 Å². The van der Waals surface area contributed by atoms with E-state index in [0.717, 1.165) is 46.6 Å². The second-order valence-electron chi connectivity index (χ2n) is 6.09. The van der Waals surface area contributed by atoms with Gasteiger partial charge in [-0.1, -0.05) is 6.07 Å². The Kier molecular flexibility index (Phi) is 3.34. The van der Waals surface area contributed by atoms with Crippen molar-refractivity contribution in [1.29, 1.82) is 0 Å². The number of morpholine rings is 1. The minimum absolute atomic E-state index is 0.183. The number of H-pyrrole nitrogens is 1. The summed E-state index contributed by atoms with van der Waals surface area (Å²) < 4.78 is 11.3. The summed E-state index contributed by atoms with van der Waals surface area (Å²) >= 11 is 0. The van der Waals surface area contributed by atoms with Crippen LogP contribution in [0, 0.1) is 0 Å². The predicted octanol–water partition coefficient (Wildman–Crippen LogP) is 2.73. The fourth-order valence-electron chi connectivity index (χ4n) is 3.46. The Morgan fingerprint density at radius 2 is 2.00 bits per heavy atom. The van der Waals surface area contributed by atoms with E-state index in [2.05, 4.69) is 33.7 Å². The van der Waals surface area contributed by atoms with Crippen LogP contribution in [0.25, 0.3) is 21.9 Å². The number of ether oxygens (including phenoxy) is 2. The Balaban J connectivity index is 1.91. The van der Waals surface area contributed by atoms with Crippen LogP contribution in [-0.2, 0) is 4.74 Å². The van der Waals surface area contributed by atoms with Gasteiger partial charge in [0.1, 0.15) is 23.1 Å². The van der Waals surface area contributed by atoms with Crippen molar-refractivity contribution in [3.8, 4) is 5.75 Å². The molecule has 0 aliphatic carbocycles. The lowest BCUT2D eigenvalue weighted by atomic mass is 10.2. The molecule has 6 nitrogen and oxygen atoms in total. The highest BCUT2D eigenvalue weighted by molar-refractivity contribution is 6.11. The molecule has 1 aromatic carbocycles. The highest BCUT2D eigenvalue weighted by atomic mass is 16.5. The van der Waals surface area contributed by atoms with Gasteiger partial charge >= 0.3 is 0 Å². The third kappa shape index (κ3) is 2.30. The minimum atomic E-state index is 0.183. The molecule has 23 heavy (non-hydrogen) atoms. The molecule has 1 aliphatic rings. The molecule has 1 aliphatic heterocycles. The first-order chi connectivity index (χ1) is 11.2. The lowest BCUT2D eigenvalue weighted by Gasteiger charge is -2.36. The maximum absolute atomic E-state index is 5.83. The van der Waals surface area contributed by atoms with Gasteiger partial charge in [-0.2, -0.15) is 0 Å². The first-order valence-electron chi connectivity index (χ1n) is 7.87. The Hall–Kier alpha value is -2.34. The predicted molar refractivity (Wildman–Crippen MR) is 90.2 cm³/mol. The van der Waals surface area contributed by atoms with E-state index in [1.807, 2.05) is 18.2 Å². The molecular formula is C17H20N4O2. The molecular weight excluding hydrogens is 292 g/mol. The summed E-state index contributed by atoms with van der Waals surface area (Å²) in [4.78, 5) is 14.8. The smallest absolute Gasteiger partial charge is 0.156 e. The number of aromatic amines is 1. The zero-order valence-corrected chi connectivity index (χ0v) is 13.5. The van der Waals surface area contributed by atoms with Gasteiger partial charge in [0, 0.05) is 13.1 Å². The van der Waals surface area contributed by atoms with Crippen LogP contribution in [-0.4, -0.2) is 47.4 Å². The monoisotopic (exact) mass is 312 g/mol. The Morgan fingerprint density at radius 1 is 1.22 bits per heavy atom.